The Kier molecular flexibility index (Phi) is 6.41. The molecule has 1 aliphatic rings. The summed E-state index contributed by atoms with van der Waals surface area (Å²) in [4.78, 5) is 9.91. The molecule has 0 unspecified atom stereocenters. The molecule has 23 heavy (non-hydrogen) atoms. The highest BCUT2D eigenvalue weighted by Gasteiger charge is 2.43. The summed E-state index contributed by atoms with van der Waals surface area (Å²) in [5, 5.41) is 7.89. The molecule has 0 bridgehead atoms. The molecule has 1 saturated carbocycles. The lowest BCUT2D eigenvalue weighted by molar-refractivity contribution is 0.645. The van der Waals surface area contributed by atoms with Crippen molar-refractivity contribution in [1.82, 2.24) is 15.6 Å². The summed E-state index contributed by atoms with van der Waals surface area (Å²) in [5.74, 6) is 0.843. The minimum Gasteiger partial charge on any atom is -0.356 e. The van der Waals surface area contributed by atoms with E-state index in [0.717, 1.165) is 24.1 Å². The van der Waals surface area contributed by atoms with Crippen LogP contribution in [0, 0.1) is 6.92 Å². The molecule has 1 heterocycles. The van der Waals surface area contributed by atoms with Crippen LogP contribution in [0.15, 0.2) is 41.5 Å². The predicted octanol–water partition coefficient (Wildman–Crippen LogP) is 3.47. The van der Waals surface area contributed by atoms with Crippen molar-refractivity contribution in [1.29, 1.82) is 0 Å². The molecule has 6 heteroatoms. The molecule has 2 aromatic rings. The summed E-state index contributed by atoms with van der Waals surface area (Å²) in [6.07, 6.45) is 4.39. The Morgan fingerprint density at radius 1 is 1.26 bits per heavy atom. The quantitative estimate of drug-likeness (QED) is 0.424. The number of halogens is 1. The molecular formula is C17H23IN4S. The van der Waals surface area contributed by atoms with E-state index in [1.165, 1.54) is 23.3 Å². The van der Waals surface area contributed by atoms with E-state index in [9.17, 15) is 0 Å². The number of nitrogens with one attached hydrogen (secondary N) is 2. The van der Waals surface area contributed by atoms with Gasteiger partial charge in [0.05, 0.1) is 6.54 Å². The van der Waals surface area contributed by atoms with E-state index in [4.69, 9.17) is 0 Å². The maximum atomic E-state index is 4.36. The predicted molar refractivity (Wildman–Crippen MR) is 108 cm³/mol. The molecule has 3 rings (SSSR count). The van der Waals surface area contributed by atoms with E-state index >= 15 is 0 Å². The van der Waals surface area contributed by atoms with Crippen LogP contribution in [0.25, 0.3) is 0 Å². The van der Waals surface area contributed by atoms with Gasteiger partial charge in [0.25, 0.3) is 0 Å². The van der Waals surface area contributed by atoms with Crippen molar-refractivity contribution in [3.05, 3.63) is 52.0 Å². The monoisotopic (exact) mass is 442 g/mol. The van der Waals surface area contributed by atoms with Crippen LogP contribution in [0.2, 0.25) is 0 Å². The summed E-state index contributed by atoms with van der Waals surface area (Å²) < 4.78 is 0. The number of aromatic nitrogens is 1. The van der Waals surface area contributed by atoms with Crippen LogP contribution in [-0.4, -0.2) is 24.5 Å². The zero-order valence-corrected chi connectivity index (χ0v) is 16.7. The first-order valence-corrected chi connectivity index (χ1v) is 8.45. The molecule has 4 nitrogen and oxygen atoms in total. The van der Waals surface area contributed by atoms with Crippen LogP contribution in [0.5, 0.6) is 0 Å². The Hall–Kier alpha value is -1.15. The molecule has 0 amide bonds. The lowest BCUT2D eigenvalue weighted by Crippen LogP contribution is -2.40. The van der Waals surface area contributed by atoms with Crippen LogP contribution >= 0.6 is 35.3 Å². The smallest absolute Gasteiger partial charge is 0.191 e. The second-order valence-electron chi connectivity index (χ2n) is 5.79. The fourth-order valence-electron chi connectivity index (χ4n) is 2.63. The molecule has 1 fully saturated rings. The zero-order chi connectivity index (χ0) is 15.4. The van der Waals surface area contributed by atoms with Gasteiger partial charge in [0.15, 0.2) is 5.96 Å². The van der Waals surface area contributed by atoms with Crippen molar-refractivity contribution in [2.24, 2.45) is 4.99 Å². The lowest BCUT2D eigenvalue weighted by atomic mass is 9.96. The third kappa shape index (κ3) is 4.67. The van der Waals surface area contributed by atoms with E-state index in [-0.39, 0.29) is 29.4 Å². The lowest BCUT2D eigenvalue weighted by Gasteiger charge is -2.18. The van der Waals surface area contributed by atoms with Crippen LogP contribution in [-0.2, 0) is 12.0 Å². The molecule has 0 saturated heterocycles. The average molecular weight is 442 g/mol. The number of hydrogen-bond acceptors (Lipinski definition) is 3. The fraction of sp³-hybridized carbons (Fsp3) is 0.412. The van der Waals surface area contributed by atoms with Crippen molar-refractivity contribution in [3.8, 4) is 0 Å². The van der Waals surface area contributed by atoms with Crippen molar-refractivity contribution in [2.75, 3.05) is 13.6 Å². The van der Waals surface area contributed by atoms with Gasteiger partial charge in [-0.15, -0.1) is 35.3 Å². The number of nitrogens with zero attached hydrogens (tertiary/aromatic N) is 2. The largest absolute Gasteiger partial charge is 0.356 e. The number of hydrogen-bond donors (Lipinski definition) is 2. The van der Waals surface area contributed by atoms with Gasteiger partial charge in [0.1, 0.15) is 5.01 Å². The van der Waals surface area contributed by atoms with E-state index in [1.807, 2.05) is 13.2 Å². The van der Waals surface area contributed by atoms with Gasteiger partial charge in [-0.3, -0.25) is 4.99 Å². The Morgan fingerprint density at radius 3 is 2.57 bits per heavy atom. The van der Waals surface area contributed by atoms with Crippen molar-refractivity contribution < 1.29 is 0 Å². The van der Waals surface area contributed by atoms with E-state index in [2.05, 4.69) is 57.9 Å². The number of aliphatic imine (C=N–C) groups is 1. The summed E-state index contributed by atoms with van der Waals surface area (Å²) in [5.41, 5.74) is 1.71. The van der Waals surface area contributed by atoms with Crippen LogP contribution in [0.1, 0.15) is 28.3 Å². The van der Waals surface area contributed by atoms with Gasteiger partial charge >= 0.3 is 0 Å². The van der Waals surface area contributed by atoms with Gasteiger partial charge < -0.3 is 10.6 Å². The standard InChI is InChI=1S/C17H22N4S.HI/c1-13-10-19-15(22-13)11-20-16(18-2)21-12-17(8-9-17)14-6-4-3-5-7-14;/h3-7,10H,8-9,11-12H2,1-2H3,(H2,18,20,21);1H. The highest BCUT2D eigenvalue weighted by atomic mass is 127. The number of thiazole rings is 1. The molecule has 1 aromatic carbocycles. The highest BCUT2D eigenvalue weighted by molar-refractivity contribution is 14.0. The Bertz CT molecular complexity index is 650. The second-order valence-corrected chi connectivity index (χ2v) is 7.11. The van der Waals surface area contributed by atoms with Gasteiger partial charge in [-0.1, -0.05) is 30.3 Å². The fourth-order valence-corrected chi connectivity index (χ4v) is 3.35. The van der Waals surface area contributed by atoms with E-state index in [0.29, 0.717) is 0 Å². The minimum atomic E-state index is 0. The van der Waals surface area contributed by atoms with Gasteiger partial charge in [0.2, 0.25) is 0 Å². The minimum absolute atomic E-state index is 0. The molecule has 0 spiro atoms. The van der Waals surface area contributed by atoms with Crippen LogP contribution in [0.4, 0.5) is 0 Å². The number of benzene rings is 1. The molecule has 0 radical (unpaired) electrons. The molecule has 0 aliphatic heterocycles. The second kappa shape index (κ2) is 8.10. The van der Waals surface area contributed by atoms with Crippen molar-refractivity contribution in [2.45, 2.75) is 31.7 Å². The average Bonchev–Trinajstić information content (AvgIpc) is 3.24. The Labute approximate surface area is 158 Å². The third-order valence-corrected chi connectivity index (χ3v) is 5.05. The van der Waals surface area contributed by atoms with Crippen LogP contribution < -0.4 is 10.6 Å². The Balaban J connectivity index is 0.00000192. The molecule has 1 aromatic heterocycles. The maximum Gasteiger partial charge on any atom is 0.191 e. The van der Waals surface area contributed by atoms with Gasteiger partial charge in [0, 0.05) is 30.1 Å². The molecule has 1 aliphatic carbocycles. The normalized spacial score (nSPS) is 15.7. The SMILES string of the molecule is CN=C(NCc1ncc(C)s1)NCC1(c2ccccc2)CC1.I. The number of rotatable bonds is 5. The summed E-state index contributed by atoms with van der Waals surface area (Å²) in [6.45, 7) is 3.72. The molecule has 2 N–H and O–H groups in total. The molecule has 124 valence electrons. The number of aryl methyl sites for hydroxylation is 1. The van der Waals surface area contributed by atoms with Crippen LogP contribution in [0.3, 0.4) is 0 Å². The van der Waals surface area contributed by atoms with Gasteiger partial charge in [-0.05, 0) is 25.3 Å². The first-order chi connectivity index (χ1) is 10.7. The third-order valence-electron chi connectivity index (χ3n) is 4.13. The first kappa shape index (κ1) is 18.2. The topological polar surface area (TPSA) is 49.3 Å². The molecule has 0 atom stereocenters. The zero-order valence-electron chi connectivity index (χ0n) is 13.5. The van der Waals surface area contributed by atoms with Gasteiger partial charge in [-0.25, -0.2) is 4.98 Å². The number of guanidine groups is 1. The van der Waals surface area contributed by atoms with Gasteiger partial charge in [-0.2, -0.15) is 0 Å². The maximum absolute atomic E-state index is 4.36. The molecular weight excluding hydrogens is 419 g/mol. The van der Waals surface area contributed by atoms with Crippen molar-refractivity contribution in [3.63, 3.8) is 0 Å². The van der Waals surface area contributed by atoms with E-state index in [1.54, 1.807) is 11.3 Å². The summed E-state index contributed by atoms with van der Waals surface area (Å²) in [7, 11) is 1.81. The van der Waals surface area contributed by atoms with E-state index < -0.39 is 0 Å². The van der Waals surface area contributed by atoms with Crippen molar-refractivity contribution >= 4 is 41.3 Å². The summed E-state index contributed by atoms with van der Waals surface area (Å²) >= 11 is 1.72. The summed E-state index contributed by atoms with van der Waals surface area (Å²) in [6, 6.07) is 10.8. The first-order valence-electron chi connectivity index (χ1n) is 7.63. The highest BCUT2D eigenvalue weighted by Crippen LogP contribution is 2.47. The Morgan fingerprint density at radius 2 is 2.00 bits per heavy atom.